The van der Waals surface area contributed by atoms with E-state index in [1.165, 1.54) is 35.9 Å². The van der Waals surface area contributed by atoms with E-state index in [9.17, 15) is 13.9 Å². The van der Waals surface area contributed by atoms with Crippen molar-refractivity contribution in [1.82, 2.24) is 10.6 Å². The van der Waals surface area contributed by atoms with Crippen molar-refractivity contribution in [3.05, 3.63) is 82.6 Å². The molecule has 0 heterocycles. The minimum Gasteiger partial charge on any atom is -0.390 e. The van der Waals surface area contributed by atoms with Gasteiger partial charge in [-0.2, -0.15) is 0 Å². The molecule has 2 aromatic carbocycles. The Balaban J connectivity index is 1.84. The lowest BCUT2D eigenvalue weighted by Crippen LogP contribution is -2.52. The molecule has 0 bridgehead atoms. The van der Waals surface area contributed by atoms with Gasteiger partial charge in [-0.25, -0.2) is 8.78 Å². The zero-order chi connectivity index (χ0) is 26.3. The molecule has 1 saturated carbocycles. The fraction of sp³-hybridized carbons (Fsp3) is 0.500. The monoisotopic (exact) mass is 497 g/mol. The van der Waals surface area contributed by atoms with Crippen LogP contribution in [-0.4, -0.2) is 30.0 Å². The first-order valence-corrected chi connectivity index (χ1v) is 13.0. The Labute approximate surface area is 214 Å². The maximum atomic E-state index is 13.8. The lowest BCUT2D eigenvalue weighted by molar-refractivity contribution is 0.108. The molecule has 2 atom stereocenters. The maximum Gasteiger partial charge on any atom is 0.126 e. The average Bonchev–Trinajstić information content (AvgIpc) is 2.84. The summed E-state index contributed by atoms with van der Waals surface area (Å²) >= 11 is 0. The number of aliphatic hydroxyl groups excluding tert-OH is 1. The second kappa shape index (κ2) is 12.1. The zero-order valence-electron chi connectivity index (χ0n) is 22.0. The highest BCUT2D eigenvalue weighted by Gasteiger charge is 2.35. The number of hydrogen-bond acceptors (Lipinski definition) is 4. The third-order valence-electron chi connectivity index (χ3n) is 7.30. The fourth-order valence-electron chi connectivity index (χ4n) is 5.14. The van der Waals surface area contributed by atoms with Crippen LogP contribution < -0.4 is 10.6 Å². The molecule has 1 aliphatic carbocycles. The van der Waals surface area contributed by atoms with Crippen LogP contribution in [0.4, 0.5) is 8.78 Å². The van der Waals surface area contributed by atoms with E-state index in [0.29, 0.717) is 17.8 Å². The predicted octanol–water partition coefficient (Wildman–Crippen LogP) is 6.13. The van der Waals surface area contributed by atoms with E-state index in [0.717, 1.165) is 31.7 Å². The van der Waals surface area contributed by atoms with Crippen LogP contribution in [0.25, 0.3) is 0 Å². The molecule has 36 heavy (non-hydrogen) atoms. The highest BCUT2D eigenvalue weighted by molar-refractivity contribution is 5.74. The Hall–Kier alpha value is -2.57. The van der Waals surface area contributed by atoms with Crippen LogP contribution in [0, 0.1) is 17.0 Å². The van der Waals surface area contributed by atoms with Crippen molar-refractivity contribution in [2.45, 2.75) is 89.3 Å². The largest absolute Gasteiger partial charge is 0.390 e. The first-order valence-electron chi connectivity index (χ1n) is 13.0. The van der Waals surface area contributed by atoms with Crippen molar-refractivity contribution >= 4 is 6.21 Å². The molecule has 1 fully saturated rings. The van der Waals surface area contributed by atoms with Crippen molar-refractivity contribution in [2.75, 3.05) is 6.54 Å². The molecule has 6 heteroatoms. The van der Waals surface area contributed by atoms with Gasteiger partial charge in [0.05, 0.1) is 12.1 Å². The zero-order valence-corrected chi connectivity index (χ0v) is 22.0. The summed E-state index contributed by atoms with van der Waals surface area (Å²) in [6, 6.07) is 11.7. The van der Waals surface area contributed by atoms with Gasteiger partial charge in [0.25, 0.3) is 0 Å². The number of aliphatic hydroxyl groups is 1. The lowest BCUT2D eigenvalue weighted by atomic mass is 9.74. The van der Waals surface area contributed by atoms with E-state index in [1.54, 1.807) is 13.0 Å². The van der Waals surface area contributed by atoms with Gasteiger partial charge in [-0.15, -0.1) is 0 Å². The quantitative estimate of drug-likeness (QED) is 0.299. The summed E-state index contributed by atoms with van der Waals surface area (Å²) in [5.74, 6) is -1.29. The number of hydrogen-bond donors (Lipinski definition) is 4. The van der Waals surface area contributed by atoms with E-state index in [-0.39, 0.29) is 17.4 Å². The average molecular weight is 498 g/mol. The molecule has 0 amide bonds. The summed E-state index contributed by atoms with van der Waals surface area (Å²) in [7, 11) is 0. The van der Waals surface area contributed by atoms with Crippen molar-refractivity contribution in [2.24, 2.45) is 0 Å². The summed E-state index contributed by atoms with van der Waals surface area (Å²) in [4.78, 5) is 0. The third-order valence-corrected chi connectivity index (χ3v) is 7.30. The van der Waals surface area contributed by atoms with Gasteiger partial charge in [0, 0.05) is 30.1 Å². The Kier molecular flexibility index (Phi) is 9.42. The molecule has 2 aromatic rings. The topological polar surface area (TPSA) is 68.1 Å². The number of halogens is 2. The van der Waals surface area contributed by atoms with Gasteiger partial charge in [-0.3, -0.25) is 0 Å². The number of nitrogens with one attached hydrogen (secondary N) is 3. The van der Waals surface area contributed by atoms with Crippen LogP contribution in [-0.2, 0) is 17.4 Å². The summed E-state index contributed by atoms with van der Waals surface area (Å²) in [5.41, 5.74) is 3.32. The Morgan fingerprint density at radius 3 is 2.33 bits per heavy atom. The van der Waals surface area contributed by atoms with Gasteiger partial charge in [0.15, 0.2) is 0 Å². The summed E-state index contributed by atoms with van der Waals surface area (Å²) in [5, 5.41) is 25.9. The van der Waals surface area contributed by atoms with Crippen LogP contribution >= 0.6 is 0 Å². The highest BCUT2D eigenvalue weighted by Crippen LogP contribution is 2.38. The number of allylic oxidation sites excluding steroid dienone is 2. The number of rotatable bonds is 10. The van der Waals surface area contributed by atoms with Crippen molar-refractivity contribution < 1.29 is 13.9 Å². The standard InChI is InChI=1S/C30H41F2N3O/c1-5-26(19-33)35-27(16-21-14-24(31)18-25(32)15-21)28(36)20-34-30(12-7-6-8-13-30)23-11-9-10-22(17-23)29(2,3)4/h5,9-11,14-15,17-19,27-28,33-36H,6-8,12-13,16,20H2,1-4H3/b26-5+,33-19?. The molecular weight excluding hydrogens is 456 g/mol. The number of benzene rings is 2. The van der Waals surface area contributed by atoms with Gasteiger partial charge < -0.3 is 21.1 Å². The van der Waals surface area contributed by atoms with Crippen LogP contribution in [0.5, 0.6) is 0 Å². The van der Waals surface area contributed by atoms with E-state index < -0.39 is 23.8 Å². The van der Waals surface area contributed by atoms with Crippen molar-refractivity contribution in [1.29, 1.82) is 5.41 Å². The van der Waals surface area contributed by atoms with E-state index in [2.05, 4.69) is 55.7 Å². The molecule has 0 saturated heterocycles. The van der Waals surface area contributed by atoms with E-state index in [4.69, 9.17) is 5.41 Å². The molecule has 4 N–H and O–H groups in total. The Bertz CT molecular complexity index is 1030. The van der Waals surface area contributed by atoms with E-state index >= 15 is 0 Å². The molecule has 4 nitrogen and oxygen atoms in total. The minimum absolute atomic E-state index is 0.0380. The Morgan fingerprint density at radius 1 is 1.08 bits per heavy atom. The highest BCUT2D eigenvalue weighted by atomic mass is 19.1. The smallest absolute Gasteiger partial charge is 0.126 e. The molecule has 3 rings (SSSR count). The maximum absolute atomic E-state index is 13.8. The van der Waals surface area contributed by atoms with Crippen LogP contribution in [0.15, 0.2) is 54.2 Å². The summed E-state index contributed by atoms with van der Waals surface area (Å²) in [6.45, 7) is 8.75. The Morgan fingerprint density at radius 2 is 1.75 bits per heavy atom. The SMILES string of the molecule is C/C=C(\C=N)NC(Cc1cc(F)cc(F)c1)C(O)CNC1(c2cccc(C(C)(C)C)c2)CCCCC1. The predicted molar refractivity (Wildman–Crippen MR) is 143 cm³/mol. The van der Waals surface area contributed by atoms with Gasteiger partial charge >= 0.3 is 0 Å². The summed E-state index contributed by atoms with van der Waals surface area (Å²) in [6.07, 6.45) is 7.69. The fourth-order valence-corrected chi connectivity index (χ4v) is 5.14. The van der Waals surface area contributed by atoms with Gasteiger partial charge in [0.2, 0.25) is 0 Å². The van der Waals surface area contributed by atoms with Crippen LogP contribution in [0.3, 0.4) is 0 Å². The van der Waals surface area contributed by atoms with Gasteiger partial charge in [0.1, 0.15) is 11.6 Å². The summed E-state index contributed by atoms with van der Waals surface area (Å²) < 4.78 is 27.7. The third kappa shape index (κ3) is 7.23. The molecule has 196 valence electrons. The normalized spacial score (nSPS) is 17.9. The van der Waals surface area contributed by atoms with Crippen LogP contribution in [0.2, 0.25) is 0 Å². The molecule has 0 radical (unpaired) electrons. The molecule has 0 spiro atoms. The molecular formula is C30H41F2N3O. The van der Waals surface area contributed by atoms with E-state index in [1.807, 2.05) is 0 Å². The molecule has 0 aliphatic heterocycles. The molecule has 1 aliphatic rings. The second-order valence-corrected chi connectivity index (χ2v) is 11.0. The first-order chi connectivity index (χ1) is 17.1. The van der Waals surface area contributed by atoms with Crippen molar-refractivity contribution in [3.8, 4) is 0 Å². The molecule has 2 unspecified atom stereocenters. The van der Waals surface area contributed by atoms with Gasteiger partial charge in [-0.05, 0) is 60.4 Å². The lowest BCUT2D eigenvalue weighted by Gasteiger charge is -2.41. The van der Waals surface area contributed by atoms with Crippen molar-refractivity contribution in [3.63, 3.8) is 0 Å². The molecule has 0 aromatic heterocycles. The minimum atomic E-state index is -0.851. The van der Waals surface area contributed by atoms with Gasteiger partial charge in [-0.1, -0.05) is 70.4 Å². The van der Waals surface area contributed by atoms with Crippen LogP contribution in [0.1, 0.15) is 76.5 Å². The first kappa shape index (κ1) is 28.0. The second-order valence-electron chi connectivity index (χ2n) is 11.0.